The molecular weight excluding hydrogens is 219 g/mol. The molecule has 0 aliphatic rings. The molecule has 2 unspecified atom stereocenters. The maximum atomic E-state index is 10.5. The fourth-order valence-corrected chi connectivity index (χ4v) is 2.51. The molecule has 0 aromatic rings. The Balaban J connectivity index is 3.15. The van der Waals surface area contributed by atoms with Gasteiger partial charge >= 0.3 is 8.46 Å². The molecule has 0 saturated carbocycles. The van der Waals surface area contributed by atoms with Crippen molar-refractivity contribution in [2.75, 3.05) is 12.8 Å². The molecule has 0 radical (unpaired) electrons. The number of aliphatic hydroxyl groups excluding tert-OH is 1. The molecule has 2 atom stereocenters. The van der Waals surface area contributed by atoms with Gasteiger partial charge in [-0.1, -0.05) is 62.9 Å². The van der Waals surface area contributed by atoms with Crippen LogP contribution in [0, 0.1) is 5.92 Å². The normalized spacial score (nSPS) is 13.1. The minimum Gasteiger partial charge on any atom is -0.396 e. The highest BCUT2D eigenvalue weighted by Crippen LogP contribution is 2.15. The molecule has 0 saturated heterocycles. The van der Waals surface area contributed by atoms with E-state index in [9.17, 15) is 4.57 Å². The predicted octanol–water partition coefficient (Wildman–Crippen LogP) is 4.15. The average molecular weight is 247 g/mol. The van der Waals surface area contributed by atoms with E-state index in [1.165, 1.54) is 51.4 Å². The Morgan fingerprint density at radius 2 is 1.56 bits per heavy atom. The van der Waals surface area contributed by atoms with E-state index in [2.05, 4.69) is 6.92 Å². The molecule has 0 amide bonds. The van der Waals surface area contributed by atoms with Crippen LogP contribution in [0.1, 0.15) is 64.7 Å². The van der Waals surface area contributed by atoms with Gasteiger partial charge in [0.25, 0.3) is 0 Å². The van der Waals surface area contributed by atoms with Crippen molar-refractivity contribution >= 4 is 8.46 Å². The van der Waals surface area contributed by atoms with Gasteiger partial charge in [0.2, 0.25) is 0 Å². The van der Waals surface area contributed by atoms with Gasteiger partial charge in [-0.25, -0.2) is 0 Å². The lowest BCUT2D eigenvalue weighted by atomic mass is 10.0. The molecule has 0 fully saturated rings. The molecular formula is C13H28O2P+. The number of hydrogen-bond acceptors (Lipinski definition) is 2. The molecule has 1 N–H and O–H groups in total. The van der Waals surface area contributed by atoms with Crippen LogP contribution in [0.2, 0.25) is 0 Å². The summed E-state index contributed by atoms with van der Waals surface area (Å²) in [6, 6.07) is 0. The third-order valence-corrected chi connectivity index (χ3v) is 3.84. The molecule has 96 valence electrons. The summed E-state index contributed by atoms with van der Waals surface area (Å²) in [5.74, 6) is 0.274. The summed E-state index contributed by atoms with van der Waals surface area (Å²) in [4.78, 5) is 0. The van der Waals surface area contributed by atoms with Crippen molar-refractivity contribution in [1.82, 2.24) is 0 Å². The van der Waals surface area contributed by atoms with Crippen LogP contribution in [0.5, 0.6) is 0 Å². The maximum absolute atomic E-state index is 10.5. The van der Waals surface area contributed by atoms with Gasteiger partial charge in [0.15, 0.2) is 0 Å². The van der Waals surface area contributed by atoms with Gasteiger partial charge in [-0.05, 0) is 6.42 Å². The number of unbranched alkanes of at least 4 members (excludes halogenated alkanes) is 7. The first-order valence-corrected chi connectivity index (χ1v) is 7.92. The van der Waals surface area contributed by atoms with E-state index < -0.39 is 0 Å². The summed E-state index contributed by atoms with van der Waals surface area (Å²) in [7, 11) is -0.253. The number of hydrogen-bond donors (Lipinski definition) is 1. The molecule has 0 bridgehead atoms. The van der Waals surface area contributed by atoms with Gasteiger partial charge in [0.05, 0.1) is 0 Å². The van der Waals surface area contributed by atoms with E-state index in [0.717, 1.165) is 6.42 Å². The van der Waals surface area contributed by atoms with Crippen molar-refractivity contribution in [3.63, 3.8) is 0 Å². The van der Waals surface area contributed by atoms with Gasteiger partial charge in [-0.15, -0.1) is 0 Å². The molecule has 0 rings (SSSR count). The smallest absolute Gasteiger partial charge is 0.325 e. The lowest BCUT2D eigenvalue weighted by molar-refractivity contribution is 0.229. The van der Waals surface area contributed by atoms with E-state index in [0.29, 0.717) is 6.16 Å². The maximum Gasteiger partial charge on any atom is 0.325 e. The van der Waals surface area contributed by atoms with Crippen molar-refractivity contribution in [3.05, 3.63) is 0 Å². The second kappa shape index (κ2) is 13.1. The van der Waals surface area contributed by atoms with Crippen molar-refractivity contribution in [3.8, 4) is 0 Å². The minimum absolute atomic E-state index is 0.200. The van der Waals surface area contributed by atoms with Gasteiger partial charge in [-0.2, -0.15) is 0 Å². The molecule has 2 nitrogen and oxygen atoms in total. The Morgan fingerprint density at radius 3 is 2.06 bits per heavy atom. The molecule has 0 aromatic carbocycles. The van der Waals surface area contributed by atoms with Crippen LogP contribution in [0.4, 0.5) is 0 Å². The minimum atomic E-state index is -0.253. The van der Waals surface area contributed by atoms with Crippen LogP contribution in [0.25, 0.3) is 0 Å². The Labute approximate surface area is 102 Å². The van der Waals surface area contributed by atoms with Crippen molar-refractivity contribution < 1.29 is 9.67 Å². The van der Waals surface area contributed by atoms with Crippen LogP contribution in [0.15, 0.2) is 0 Å². The average Bonchev–Trinajstić information content (AvgIpc) is 2.31. The Morgan fingerprint density at radius 1 is 1.00 bits per heavy atom. The Bertz CT molecular complexity index is 151. The SMILES string of the molecule is CCCCCCCCCCC(CO)C[PH+]=O. The van der Waals surface area contributed by atoms with Crippen LogP contribution in [-0.2, 0) is 4.57 Å². The molecule has 0 aromatic heterocycles. The first kappa shape index (κ1) is 16.1. The zero-order valence-corrected chi connectivity index (χ0v) is 11.7. The Hall–Kier alpha value is 0.0600. The third kappa shape index (κ3) is 10.6. The largest absolute Gasteiger partial charge is 0.396 e. The van der Waals surface area contributed by atoms with Gasteiger partial charge in [0, 0.05) is 12.5 Å². The second-order valence-corrected chi connectivity index (χ2v) is 5.36. The topological polar surface area (TPSA) is 37.3 Å². The number of aliphatic hydroxyl groups is 1. The molecule has 0 heterocycles. The van der Waals surface area contributed by atoms with Gasteiger partial charge < -0.3 is 5.11 Å². The van der Waals surface area contributed by atoms with E-state index >= 15 is 0 Å². The van der Waals surface area contributed by atoms with Crippen LogP contribution < -0.4 is 0 Å². The summed E-state index contributed by atoms with van der Waals surface area (Å²) in [6.45, 7) is 2.44. The molecule has 0 aliphatic carbocycles. The summed E-state index contributed by atoms with van der Waals surface area (Å²) in [6.07, 6.45) is 12.3. The highest BCUT2D eigenvalue weighted by atomic mass is 31.1. The van der Waals surface area contributed by atoms with Crippen molar-refractivity contribution in [2.24, 2.45) is 5.92 Å². The van der Waals surface area contributed by atoms with Crippen molar-refractivity contribution in [1.29, 1.82) is 0 Å². The summed E-state index contributed by atoms with van der Waals surface area (Å²) < 4.78 is 10.5. The summed E-state index contributed by atoms with van der Waals surface area (Å²) in [5, 5.41) is 9.02. The second-order valence-electron chi connectivity index (χ2n) is 4.66. The fourth-order valence-electron chi connectivity index (χ4n) is 1.94. The zero-order valence-electron chi connectivity index (χ0n) is 10.7. The summed E-state index contributed by atoms with van der Waals surface area (Å²) in [5.41, 5.74) is 0. The van der Waals surface area contributed by atoms with Crippen LogP contribution in [0.3, 0.4) is 0 Å². The van der Waals surface area contributed by atoms with Crippen LogP contribution >= 0.6 is 8.46 Å². The fraction of sp³-hybridized carbons (Fsp3) is 1.00. The number of rotatable bonds is 12. The van der Waals surface area contributed by atoms with Crippen molar-refractivity contribution in [2.45, 2.75) is 64.7 Å². The first-order chi connectivity index (χ1) is 7.85. The monoisotopic (exact) mass is 247 g/mol. The Kier molecular flexibility index (Phi) is 13.2. The zero-order chi connectivity index (χ0) is 12.1. The van der Waals surface area contributed by atoms with Crippen LogP contribution in [-0.4, -0.2) is 17.9 Å². The van der Waals surface area contributed by atoms with E-state index in [-0.39, 0.29) is 21.0 Å². The molecule has 16 heavy (non-hydrogen) atoms. The predicted molar refractivity (Wildman–Crippen MR) is 71.7 cm³/mol. The quantitative estimate of drug-likeness (QED) is 0.415. The standard InChI is InChI=1S/C13H27O2P/c1-2-3-4-5-6-7-8-9-10-13(11-14)12-16-15/h13-14H,2-12H2,1H3/p+1. The highest BCUT2D eigenvalue weighted by Gasteiger charge is 2.10. The lowest BCUT2D eigenvalue weighted by Gasteiger charge is -2.07. The molecule has 0 spiro atoms. The van der Waals surface area contributed by atoms with E-state index in [1.807, 2.05) is 0 Å². The van der Waals surface area contributed by atoms with Gasteiger partial charge in [-0.3, -0.25) is 0 Å². The van der Waals surface area contributed by atoms with E-state index in [4.69, 9.17) is 5.11 Å². The molecule has 3 heteroatoms. The first-order valence-electron chi connectivity index (χ1n) is 6.81. The lowest BCUT2D eigenvalue weighted by Crippen LogP contribution is -2.07. The van der Waals surface area contributed by atoms with Gasteiger partial charge in [0.1, 0.15) is 6.16 Å². The third-order valence-electron chi connectivity index (χ3n) is 3.10. The van der Waals surface area contributed by atoms with E-state index in [1.54, 1.807) is 0 Å². The highest BCUT2D eigenvalue weighted by molar-refractivity contribution is 7.23. The molecule has 0 aliphatic heterocycles. The summed E-state index contributed by atoms with van der Waals surface area (Å²) >= 11 is 0.